The summed E-state index contributed by atoms with van der Waals surface area (Å²) in [6.07, 6.45) is 0. The average molecular weight is 238 g/mol. The van der Waals surface area contributed by atoms with Crippen LogP contribution in [-0.4, -0.2) is 27.8 Å². The van der Waals surface area contributed by atoms with Crippen LogP contribution >= 0.6 is 0 Å². The Morgan fingerprint density at radius 3 is 2.35 bits per heavy atom. The molecule has 0 atom stereocenters. The molecule has 0 N–H and O–H groups in total. The predicted molar refractivity (Wildman–Crippen MR) is 67.4 cm³/mol. The Morgan fingerprint density at radius 2 is 1.94 bits per heavy atom. The third-order valence-electron chi connectivity index (χ3n) is 2.57. The molecule has 1 aromatic rings. The minimum Gasteiger partial charge on any atom is -0.374 e. The molecule has 0 aliphatic heterocycles. The maximum Gasteiger partial charge on any atom is 0.163 e. The summed E-state index contributed by atoms with van der Waals surface area (Å²) in [5.41, 5.74) is 2.32. The van der Waals surface area contributed by atoms with Gasteiger partial charge in [-0.15, -0.1) is 0 Å². The number of Topliss-reactive ketones (excluding diaryl/α,β-unsaturated/α-hetero) is 1. The number of hydrogen-bond acceptors (Lipinski definition) is 3. The van der Waals surface area contributed by atoms with E-state index in [4.69, 9.17) is 4.74 Å². The van der Waals surface area contributed by atoms with Gasteiger partial charge in [0.15, 0.2) is 5.78 Å². The zero-order valence-corrected chi connectivity index (χ0v) is 11.6. The lowest BCUT2D eigenvalue weighted by Crippen LogP contribution is -2.22. The van der Waals surface area contributed by atoms with E-state index in [0.29, 0.717) is 13.2 Å². The molecule has 0 radical (unpaired) electrons. The first-order chi connectivity index (χ1) is 7.72. The molecule has 1 aromatic heterocycles. The molecular weight excluding hydrogens is 216 g/mol. The van der Waals surface area contributed by atoms with Gasteiger partial charge in [-0.05, 0) is 41.5 Å². The van der Waals surface area contributed by atoms with Crippen LogP contribution in [0.15, 0.2) is 0 Å². The van der Waals surface area contributed by atoms with Crippen LogP contribution in [0, 0.1) is 13.8 Å². The molecule has 4 heteroatoms. The Morgan fingerprint density at radius 1 is 1.35 bits per heavy atom. The number of aromatic nitrogens is 2. The van der Waals surface area contributed by atoms with Gasteiger partial charge >= 0.3 is 0 Å². The van der Waals surface area contributed by atoms with Crippen LogP contribution in [0.2, 0.25) is 0 Å². The standard InChI is InChI=1S/C13H22N2O2/c1-9-12(11(3)16)10(2)15(14-9)7-8-17-13(4,5)6/h7-8H2,1-6H3. The molecule has 96 valence electrons. The van der Waals surface area contributed by atoms with Crippen LogP contribution in [-0.2, 0) is 11.3 Å². The molecule has 0 fully saturated rings. The lowest BCUT2D eigenvalue weighted by Gasteiger charge is -2.19. The fourth-order valence-electron chi connectivity index (χ4n) is 1.86. The molecular formula is C13H22N2O2. The number of ketones is 1. The van der Waals surface area contributed by atoms with Gasteiger partial charge in [0.05, 0.1) is 30.0 Å². The van der Waals surface area contributed by atoms with Gasteiger partial charge in [0.1, 0.15) is 0 Å². The third kappa shape index (κ3) is 3.66. The van der Waals surface area contributed by atoms with Crippen molar-refractivity contribution in [2.45, 2.75) is 53.7 Å². The minimum absolute atomic E-state index is 0.0722. The molecule has 0 aromatic carbocycles. The topological polar surface area (TPSA) is 44.1 Å². The quantitative estimate of drug-likeness (QED) is 0.757. The van der Waals surface area contributed by atoms with E-state index in [-0.39, 0.29) is 11.4 Å². The van der Waals surface area contributed by atoms with Gasteiger partial charge in [0.25, 0.3) is 0 Å². The summed E-state index contributed by atoms with van der Waals surface area (Å²) >= 11 is 0. The molecule has 1 heterocycles. The fraction of sp³-hybridized carbons (Fsp3) is 0.692. The van der Waals surface area contributed by atoms with E-state index in [9.17, 15) is 4.79 Å². The van der Waals surface area contributed by atoms with Gasteiger partial charge in [-0.1, -0.05) is 0 Å². The van der Waals surface area contributed by atoms with Crippen molar-refractivity contribution < 1.29 is 9.53 Å². The number of hydrogen-bond donors (Lipinski definition) is 0. The van der Waals surface area contributed by atoms with Gasteiger partial charge in [0.2, 0.25) is 0 Å². The van der Waals surface area contributed by atoms with Crippen molar-refractivity contribution >= 4 is 5.78 Å². The smallest absolute Gasteiger partial charge is 0.163 e. The summed E-state index contributed by atoms with van der Waals surface area (Å²) in [5, 5.41) is 4.37. The first kappa shape index (κ1) is 13.9. The molecule has 0 saturated carbocycles. The monoisotopic (exact) mass is 238 g/mol. The summed E-state index contributed by atoms with van der Waals surface area (Å²) in [4.78, 5) is 11.4. The number of carbonyl (C=O) groups is 1. The lowest BCUT2D eigenvalue weighted by atomic mass is 10.1. The molecule has 0 aliphatic carbocycles. The summed E-state index contributed by atoms with van der Waals surface area (Å²) in [6, 6.07) is 0. The maximum absolute atomic E-state index is 11.4. The average Bonchev–Trinajstić information content (AvgIpc) is 2.39. The summed E-state index contributed by atoms with van der Waals surface area (Å²) in [6.45, 7) is 12.7. The van der Waals surface area contributed by atoms with Crippen molar-refractivity contribution in [1.29, 1.82) is 0 Å². The highest BCUT2D eigenvalue weighted by molar-refractivity contribution is 5.96. The second-order valence-corrected chi connectivity index (χ2v) is 5.29. The van der Waals surface area contributed by atoms with E-state index >= 15 is 0 Å². The Kier molecular flexibility index (Phi) is 4.09. The number of rotatable bonds is 4. The van der Waals surface area contributed by atoms with Crippen LogP contribution in [0.5, 0.6) is 0 Å². The highest BCUT2D eigenvalue weighted by Crippen LogP contribution is 2.14. The van der Waals surface area contributed by atoms with E-state index in [2.05, 4.69) is 5.10 Å². The number of carbonyl (C=O) groups excluding carboxylic acids is 1. The van der Waals surface area contributed by atoms with Crippen LogP contribution < -0.4 is 0 Å². The van der Waals surface area contributed by atoms with E-state index < -0.39 is 0 Å². The van der Waals surface area contributed by atoms with Gasteiger partial charge in [0, 0.05) is 5.69 Å². The number of ether oxygens (including phenoxy) is 1. The van der Waals surface area contributed by atoms with E-state index in [1.165, 1.54) is 0 Å². The summed E-state index contributed by atoms with van der Waals surface area (Å²) < 4.78 is 7.50. The third-order valence-corrected chi connectivity index (χ3v) is 2.57. The highest BCUT2D eigenvalue weighted by Gasteiger charge is 2.16. The van der Waals surface area contributed by atoms with E-state index in [0.717, 1.165) is 17.0 Å². The molecule has 4 nitrogen and oxygen atoms in total. The zero-order valence-electron chi connectivity index (χ0n) is 11.6. The van der Waals surface area contributed by atoms with Crippen molar-refractivity contribution in [3.05, 3.63) is 17.0 Å². The normalized spacial score (nSPS) is 11.9. The van der Waals surface area contributed by atoms with E-state index in [1.54, 1.807) is 6.92 Å². The van der Waals surface area contributed by atoms with E-state index in [1.807, 2.05) is 39.3 Å². The lowest BCUT2D eigenvalue weighted by molar-refractivity contribution is -0.00811. The van der Waals surface area contributed by atoms with Crippen molar-refractivity contribution in [2.75, 3.05) is 6.61 Å². The molecule has 17 heavy (non-hydrogen) atoms. The first-order valence-corrected chi connectivity index (χ1v) is 5.91. The molecule has 0 unspecified atom stereocenters. The van der Waals surface area contributed by atoms with Gasteiger partial charge < -0.3 is 4.74 Å². The summed E-state index contributed by atoms with van der Waals surface area (Å²) in [7, 11) is 0. The largest absolute Gasteiger partial charge is 0.374 e. The maximum atomic E-state index is 11.4. The number of aryl methyl sites for hydroxylation is 1. The molecule has 0 spiro atoms. The van der Waals surface area contributed by atoms with Gasteiger partial charge in [-0.3, -0.25) is 9.48 Å². The van der Waals surface area contributed by atoms with Crippen molar-refractivity contribution in [3.63, 3.8) is 0 Å². The van der Waals surface area contributed by atoms with Gasteiger partial charge in [-0.2, -0.15) is 5.10 Å². The molecule has 0 saturated heterocycles. The zero-order chi connectivity index (χ0) is 13.2. The van der Waals surface area contributed by atoms with Crippen molar-refractivity contribution in [1.82, 2.24) is 9.78 Å². The Labute approximate surface area is 103 Å². The molecule has 0 bridgehead atoms. The Hall–Kier alpha value is -1.16. The first-order valence-electron chi connectivity index (χ1n) is 5.91. The SMILES string of the molecule is CC(=O)c1c(C)nn(CCOC(C)(C)C)c1C. The van der Waals surface area contributed by atoms with Crippen LogP contribution in [0.4, 0.5) is 0 Å². The van der Waals surface area contributed by atoms with Crippen LogP contribution in [0.25, 0.3) is 0 Å². The van der Waals surface area contributed by atoms with Crippen LogP contribution in [0.1, 0.15) is 49.4 Å². The second-order valence-electron chi connectivity index (χ2n) is 5.29. The van der Waals surface area contributed by atoms with Crippen molar-refractivity contribution in [3.8, 4) is 0 Å². The molecule has 0 amide bonds. The fourth-order valence-corrected chi connectivity index (χ4v) is 1.86. The van der Waals surface area contributed by atoms with Gasteiger partial charge in [-0.25, -0.2) is 0 Å². The highest BCUT2D eigenvalue weighted by atomic mass is 16.5. The predicted octanol–water partition coefficient (Wildman–Crippen LogP) is 2.52. The molecule has 0 aliphatic rings. The number of nitrogens with zero attached hydrogens (tertiary/aromatic N) is 2. The Bertz CT molecular complexity index is 414. The Balaban J connectivity index is 2.74. The second kappa shape index (κ2) is 5.00. The van der Waals surface area contributed by atoms with Crippen LogP contribution in [0.3, 0.4) is 0 Å². The minimum atomic E-state index is -0.139. The van der Waals surface area contributed by atoms with Crippen molar-refractivity contribution in [2.24, 2.45) is 0 Å². The summed E-state index contributed by atoms with van der Waals surface area (Å²) in [5.74, 6) is 0.0722. The molecule has 1 rings (SSSR count).